The number of thiophene rings is 1. The lowest BCUT2D eigenvalue weighted by atomic mass is 10.0. The summed E-state index contributed by atoms with van der Waals surface area (Å²) >= 11 is 3.99. The van der Waals surface area contributed by atoms with Gasteiger partial charge in [0.2, 0.25) is 0 Å². The zero-order chi connectivity index (χ0) is 12.2. The van der Waals surface area contributed by atoms with Gasteiger partial charge >= 0.3 is 0 Å². The summed E-state index contributed by atoms with van der Waals surface area (Å²) in [5, 5.41) is 6.03. The van der Waals surface area contributed by atoms with E-state index in [1.54, 1.807) is 0 Å². The molecule has 2 fully saturated rings. The Morgan fingerprint density at radius 2 is 2.11 bits per heavy atom. The third kappa shape index (κ3) is 3.50. The largest absolute Gasteiger partial charge is 0.310 e. The molecule has 1 atom stereocenters. The highest BCUT2D eigenvalue weighted by Crippen LogP contribution is 2.21. The third-order valence-corrected chi connectivity index (χ3v) is 5.97. The van der Waals surface area contributed by atoms with Crippen LogP contribution in [0.4, 0.5) is 0 Å². The molecule has 1 unspecified atom stereocenters. The van der Waals surface area contributed by atoms with Gasteiger partial charge in [-0.25, -0.2) is 0 Å². The summed E-state index contributed by atoms with van der Waals surface area (Å²) in [6.07, 6.45) is 4.03. The molecule has 0 aliphatic carbocycles. The molecule has 1 aromatic heterocycles. The maximum Gasteiger partial charge on any atom is 0.0327 e. The van der Waals surface area contributed by atoms with Crippen LogP contribution >= 0.6 is 23.1 Å². The molecule has 0 aromatic carbocycles. The average molecular weight is 282 g/mol. The van der Waals surface area contributed by atoms with Crippen molar-refractivity contribution in [2.24, 2.45) is 0 Å². The molecule has 2 saturated heterocycles. The highest BCUT2D eigenvalue weighted by Gasteiger charge is 2.23. The van der Waals surface area contributed by atoms with Gasteiger partial charge in [0.05, 0.1) is 0 Å². The Hall–Kier alpha value is -0.0300. The molecule has 4 heteroatoms. The summed E-state index contributed by atoms with van der Waals surface area (Å²) < 4.78 is 0. The van der Waals surface area contributed by atoms with Crippen LogP contribution in [0.25, 0.3) is 0 Å². The Morgan fingerprint density at radius 1 is 1.22 bits per heavy atom. The van der Waals surface area contributed by atoms with E-state index >= 15 is 0 Å². The molecular formula is C14H22N2S2. The fourth-order valence-electron chi connectivity index (χ4n) is 2.88. The fourth-order valence-corrected chi connectivity index (χ4v) is 4.79. The van der Waals surface area contributed by atoms with E-state index in [1.165, 1.54) is 48.7 Å². The molecule has 3 rings (SSSR count). The Kier molecular flexibility index (Phi) is 4.63. The van der Waals surface area contributed by atoms with Gasteiger partial charge in [0.15, 0.2) is 0 Å². The lowest BCUT2D eigenvalue weighted by molar-refractivity contribution is 0.187. The lowest BCUT2D eigenvalue weighted by Crippen LogP contribution is -2.45. The number of nitrogens with zero attached hydrogens (tertiary/aromatic N) is 1. The summed E-state index contributed by atoms with van der Waals surface area (Å²) in [4.78, 5) is 4.11. The smallest absolute Gasteiger partial charge is 0.0327 e. The van der Waals surface area contributed by atoms with E-state index in [2.05, 4.69) is 39.5 Å². The molecule has 0 amide bonds. The number of thioether (sulfide) groups is 1. The monoisotopic (exact) mass is 282 g/mol. The molecule has 100 valence electrons. The number of likely N-dealkylation sites (tertiary alicyclic amines) is 1. The Balaban J connectivity index is 1.40. The van der Waals surface area contributed by atoms with Gasteiger partial charge in [0, 0.05) is 29.3 Å². The quantitative estimate of drug-likeness (QED) is 0.914. The molecule has 0 spiro atoms. The molecule has 0 radical (unpaired) electrons. The standard InChI is InChI=1S/C14H22N2S2/c1-2-14(18-8-1)10-16-6-3-12(4-7-16)15-13-5-9-17-11-13/h1-2,8,12-13,15H,3-7,9-11H2. The SMILES string of the molecule is c1csc(CN2CCC(NC3CCSC3)CC2)c1. The molecule has 18 heavy (non-hydrogen) atoms. The minimum absolute atomic E-state index is 0.772. The van der Waals surface area contributed by atoms with Crippen LogP contribution in [0.15, 0.2) is 17.5 Å². The van der Waals surface area contributed by atoms with Crippen molar-refractivity contribution in [2.45, 2.75) is 37.9 Å². The van der Waals surface area contributed by atoms with Gasteiger partial charge in [-0.3, -0.25) is 4.90 Å². The van der Waals surface area contributed by atoms with Gasteiger partial charge in [-0.05, 0) is 49.6 Å². The molecule has 1 aromatic rings. The molecule has 3 heterocycles. The minimum atomic E-state index is 0.772. The van der Waals surface area contributed by atoms with E-state index in [9.17, 15) is 0 Å². The Labute approximate surface area is 118 Å². The first-order valence-corrected chi connectivity index (χ1v) is 9.02. The van der Waals surface area contributed by atoms with Crippen molar-refractivity contribution in [1.82, 2.24) is 10.2 Å². The summed E-state index contributed by atoms with van der Waals surface area (Å²) in [5.74, 6) is 2.68. The normalized spacial score (nSPS) is 26.8. The van der Waals surface area contributed by atoms with E-state index in [0.717, 1.165) is 18.6 Å². The summed E-state index contributed by atoms with van der Waals surface area (Å²) in [6, 6.07) is 5.98. The highest BCUT2D eigenvalue weighted by molar-refractivity contribution is 7.99. The van der Waals surface area contributed by atoms with Crippen molar-refractivity contribution < 1.29 is 0 Å². The van der Waals surface area contributed by atoms with Crippen molar-refractivity contribution >= 4 is 23.1 Å². The highest BCUT2D eigenvalue weighted by atomic mass is 32.2. The van der Waals surface area contributed by atoms with Crippen molar-refractivity contribution in [1.29, 1.82) is 0 Å². The topological polar surface area (TPSA) is 15.3 Å². The van der Waals surface area contributed by atoms with Crippen molar-refractivity contribution in [2.75, 3.05) is 24.6 Å². The molecule has 2 nitrogen and oxygen atoms in total. The summed E-state index contributed by atoms with van der Waals surface area (Å²) in [7, 11) is 0. The number of piperidine rings is 1. The zero-order valence-electron chi connectivity index (χ0n) is 10.8. The number of hydrogen-bond donors (Lipinski definition) is 1. The first kappa shape index (κ1) is 13.0. The predicted molar refractivity (Wildman–Crippen MR) is 81.5 cm³/mol. The predicted octanol–water partition coefficient (Wildman–Crippen LogP) is 2.81. The zero-order valence-corrected chi connectivity index (χ0v) is 12.4. The van der Waals surface area contributed by atoms with Crippen molar-refractivity contribution in [3.8, 4) is 0 Å². The molecule has 1 N–H and O–H groups in total. The van der Waals surface area contributed by atoms with E-state index in [1.807, 2.05) is 11.3 Å². The summed E-state index contributed by atoms with van der Waals surface area (Å²) in [5.41, 5.74) is 0. The number of rotatable bonds is 4. The van der Waals surface area contributed by atoms with E-state index in [0.29, 0.717) is 0 Å². The fraction of sp³-hybridized carbons (Fsp3) is 0.714. The summed E-state index contributed by atoms with van der Waals surface area (Å²) in [6.45, 7) is 3.68. The second-order valence-electron chi connectivity index (χ2n) is 5.36. The van der Waals surface area contributed by atoms with Gasteiger partial charge in [0.25, 0.3) is 0 Å². The van der Waals surface area contributed by atoms with Gasteiger partial charge in [-0.15, -0.1) is 11.3 Å². The molecule has 2 aliphatic rings. The van der Waals surface area contributed by atoms with Crippen LogP contribution in [0.5, 0.6) is 0 Å². The van der Waals surface area contributed by atoms with Gasteiger partial charge < -0.3 is 5.32 Å². The lowest BCUT2D eigenvalue weighted by Gasteiger charge is -2.33. The van der Waals surface area contributed by atoms with Crippen LogP contribution in [0.2, 0.25) is 0 Å². The van der Waals surface area contributed by atoms with Crippen molar-refractivity contribution in [3.63, 3.8) is 0 Å². The maximum absolute atomic E-state index is 3.85. The first-order valence-electron chi connectivity index (χ1n) is 6.99. The van der Waals surface area contributed by atoms with E-state index in [4.69, 9.17) is 0 Å². The molecule has 0 bridgehead atoms. The van der Waals surface area contributed by atoms with Crippen LogP contribution < -0.4 is 5.32 Å². The van der Waals surface area contributed by atoms with Crippen LogP contribution in [0.3, 0.4) is 0 Å². The van der Waals surface area contributed by atoms with Gasteiger partial charge in [-0.1, -0.05) is 6.07 Å². The second kappa shape index (κ2) is 6.42. The third-order valence-electron chi connectivity index (χ3n) is 3.95. The van der Waals surface area contributed by atoms with Crippen LogP contribution in [-0.4, -0.2) is 41.6 Å². The first-order chi connectivity index (χ1) is 8.90. The molecule has 0 saturated carbocycles. The van der Waals surface area contributed by atoms with Crippen LogP contribution in [0.1, 0.15) is 24.1 Å². The van der Waals surface area contributed by atoms with E-state index < -0.39 is 0 Å². The molecular weight excluding hydrogens is 260 g/mol. The Bertz CT molecular complexity index is 339. The molecule has 2 aliphatic heterocycles. The van der Waals surface area contributed by atoms with E-state index in [-0.39, 0.29) is 0 Å². The minimum Gasteiger partial charge on any atom is -0.310 e. The van der Waals surface area contributed by atoms with Gasteiger partial charge in [0.1, 0.15) is 0 Å². The number of nitrogens with one attached hydrogen (secondary N) is 1. The average Bonchev–Trinajstić information content (AvgIpc) is 3.05. The number of hydrogen-bond acceptors (Lipinski definition) is 4. The second-order valence-corrected chi connectivity index (χ2v) is 7.54. The van der Waals surface area contributed by atoms with Crippen LogP contribution in [0, 0.1) is 0 Å². The Morgan fingerprint density at radius 3 is 2.78 bits per heavy atom. The van der Waals surface area contributed by atoms with Crippen LogP contribution in [-0.2, 0) is 6.54 Å². The van der Waals surface area contributed by atoms with Crippen molar-refractivity contribution in [3.05, 3.63) is 22.4 Å². The maximum atomic E-state index is 3.85. The van der Waals surface area contributed by atoms with Gasteiger partial charge in [-0.2, -0.15) is 11.8 Å².